The number of aliphatic hydroxyl groups is 1. The fourth-order valence-electron chi connectivity index (χ4n) is 5.98. The highest BCUT2D eigenvalue weighted by molar-refractivity contribution is 5.69. The van der Waals surface area contributed by atoms with Gasteiger partial charge >= 0.3 is 5.97 Å². The molecule has 7 nitrogen and oxygen atoms in total. The molecule has 0 aromatic heterocycles. The first-order valence-electron chi connectivity index (χ1n) is 16.7. The zero-order chi connectivity index (χ0) is 31.8. The van der Waals surface area contributed by atoms with Crippen LogP contribution in [-0.2, 0) is 37.0 Å². The quantitative estimate of drug-likeness (QED) is 0.0902. The zero-order valence-corrected chi connectivity index (χ0v) is 27.8. The number of hydrogen-bond donors (Lipinski definition) is 1. The Bertz CT molecular complexity index is 1060. The minimum absolute atomic E-state index is 0.0625. The number of likely N-dealkylation sites (N-methyl/N-ethyl adjacent to an activating group) is 1. The van der Waals surface area contributed by atoms with Crippen molar-refractivity contribution >= 4 is 5.97 Å². The van der Waals surface area contributed by atoms with Gasteiger partial charge in [-0.2, -0.15) is 0 Å². The predicted octanol–water partition coefficient (Wildman–Crippen LogP) is 7.30. The normalized spacial score (nSPS) is 21.1. The summed E-state index contributed by atoms with van der Waals surface area (Å²) in [6.45, 7) is 10.7. The van der Waals surface area contributed by atoms with Crippen LogP contribution in [0.1, 0.15) is 96.6 Å². The summed E-state index contributed by atoms with van der Waals surface area (Å²) in [7, 11) is 2.10. The van der Waals surface area contributed by atoms with Crippen LogP contribution >= 0.6 is 0 Å². The molecule has 1 fully saturated rings. The molecule has 1 unspecified atom stereocenters. The van der Waals surface area contributed by atoms with Gasteiger partial charge < -0.3 is 24.1 Å². The Kier molecular flexibility index (Phi) is 15.3. The van der Waals surface area contributed by atoms with Crippen molar-refractivity contribution in [2.75, 3.05) is 26.8 Å². The van der Waals surface area contributed by atoms with E-state index in [1.54, 1.807) is 0 Å². The maximum Gasteiger partial charge on any atom is 0.305 e. The van der Waals surface area contributed by atoms with Crippen molar-refractivity contribution in [3.8, 4) is 0 Å². The van der Waals surface area contributed by atoms with Crippen LogP contribution in [0.2, 0.25) is 0 Å². The minimum Gasteiger partial charge on any atom is -0.466 e. The lowest BCUT2D eigenvalue weighted by Crippen LogP contribution is -2.56. The molecular weight excluding hydrogens is 554 g/mol. The molecule has 44 heavy (non-hydrogen) atoms. The molecule has 2 aromatic rings. The molecule has 1 saturated carbocycles. The Balaban J connectivity index is 1.78. The zero-order valence-electron chi connectivity index (χ0n) is 27.8. The van der Waals surface area contributed by atoms with Crippen molar-refractivity contribution in [1.29, 1.82) is 0 Å². The summed E-state index contributed by atoms with van der Waals surface area (Å²) in [6, 6.07) is 20.5. The average Bonchev–Trinajstić information content (AvgIpc) is 3.40. The Morgan fingerprint density at radius 3 is 2.20 bits per heavy atom. The molecule has 0 amide bonds. The molecule has 3 rings (SSSR count). The van der Waals surface area contributed by atoms with Crippen molar-refractivity contribution < 1.29 is 28.8 Å². The van der Waals surface area contributed by atoms with Gasteiger partial charge in [-0.3, -0.25) is 9.69 Å². The summed E-state index contributed by atoms with van der Waals surface area (Å²) in [6.07, 6.45) is 6.57. The fraction of sp³-hybridized carbons (Fsp3) is 0.649. The molecular formula is C37H57NO6. The molecule has 7 heteroatoms. The van der Waals surface area contributed by atoms with Crippen LogP contribution in [0.15, 0.2) is 60.7 Å². The molecule has 0 spiro atoms. The summed E-state index contributed by atoms with van der Waals surface area (Å²) < 4.78 is 25.2. The van der Waals surface area contributed by atoms with Gasteiger partial charge in [-0.1, -0.05) is 101 Å². The number of ether oxygens (including phenoxy) is 4. The van der Waals surface area contributed by atoms with Crippen molar-refractivity contribution in [3.05, 3.63) is 71.8 Å². The van der Waals surface area contributed by atoms with Gasteiger partial charge in [0, 0.05) is 25.8 Å². The van der Waals surface area contributed by atoms with Gasteiger partial charge in [-0.05, 0) is 49.8 Å². The van der Waals surface area contributed by atoms with E-state index in [0.717, 1.165) is 56.2 Å². The van der Waals surface area contributed by atoms with E-state index in [-0.39, 0.29) is 30.2 Å². The smallest absolute Gasteiger partial charge is 0.305 e. The lowest BCUT2D eigenvalue weighted by atomic mass is 9.82. The second-order valence-electron chi connectivity index (χ2n) is 12.9. The van der Waals surface area contributed by atoms with Crippen molar-refractivity contribution in [2.24, 2.45) is 5.41 Å². The van der Waals surface area contributed by atoms with Gasteiger partial charge in [0.05, 0.1) is 38.6 Å². The first kappa shape index (κ1) is 36.2. The third-order valence-electron chi connectivity index (χ3n) is 9.02. The van der Waals surface area contributed by atoms with Crippen LogP contribution in [0.5, 0.6) is 0 Å². The topological polar surface area (TPSA) is 77.5 Å². The number of unbranched alkanes of at least 4 members (excludes halogenated alkanes) is 3. The van der Waals surface area contributed by atoms with Crippen molar-refractivity contribution in [3.63, 3.8) is 0 Å². The number of carbonyl (C=O) groups is 1. The van der Waals surface area contributed by atoms with Crippen LogP contribution in [0.4, 0.5) is 0 Å². The Morgan fingerprint density at radius 2 is 1.59 bits per heavy atom. The van der Waals surface area contributed by atoms with Gasteiger partial charge in [-0.25, -0.2) is 0 Å². The average molecular weight is 612 g/mol. The Hall–Kier alpha value is -2.29. The molecule has 1 N–H and O–H groups in total. The third-order valence-corrected chi connectivity index (χ3v) is 9.02. The summed E-state index contributed by atoms with van der Waals surface area (Å²) in [5, 5.41) is 11.4. The highest BCUT2D eigenvalue weighted by Gasteiger charge is 2.53. The SMILES string of the molecule is CCCCC(C)(C)C(O)CO[C@]1(N(C)CCCCCC(=O)OCC)C[C@H](OCc2ccccc2)C[C@@H]1OCc1ccccc1. The molecule has 0 bridgehead atoms. The van der Waals surface area contributed by atoms with Crippen molar-refractivity contribution in [2.45, 2.75) is 123 Å². The number of esters is 1. The molecule has 1 aliphatic rings. The summed E-state index contributed by atoms with van der Waals surface area (Å²) in [5.74, 6) is -0.135. The number of nitrogens with zero attached hydrogens (tertiary/aromatic N) is 1. The maximum atomic E-state index is 11.8. The third kappa shape index (κ3) is 11.3. The van der Waals surface area contributed by atoms with E-state index in [1.807, 2.05) is 43.3 Å². The van der Waals surface area contributed by atoms with Gasteiger partial charge in [0.2, 0.25) is 0 Å². The van der Waals surface area contributed by atoms with Crippen molar-refractivity contribution in [1.82, 2.24) is 4.90 Å². The summed E-state index contributed by atoms with van der Waals surface area (Å²) in [4.78, 5) is 14.1. The fourth-order valence-corrected chi connectivity index (χ4v) is 5.98. The van der Waals surface area contributed by atoms with Crippen LogP contribution < -0.4 is 0 Å². The predicted molar refractivity (Wildman–Crippen MR) is 175 cm³/mol. The number of rotatable bonds is 21. The molecule has 246 valence electrons. The first-order valence-corrected chi connectivity index (χ1v) is 16.7. The molecule has 2 aromatic carbocycles. The highest BCUT2D eigenvalue weighted by atomic mass is 16.6. The molecule has 0 heterocycles. The maximum absolute atomic E-state index is 11.8. The van der Waals surface area contributed by atoms with E-state index >= 15 is 0 Å². The second-order valence-corrected chi connectivity index (χ2v) is 12.9. The van der Waals surface area contributed by atoms with E-state index < -0.39 is 11.8 Å². The number of hydrogen-bond acceptors (Lipinski definition) is 7. The molecule has 0 saturated heterocycles. The van der Waals surface area contributed by atoms with Crippen LogP contribution in [0.25, 0.3) is 0 Å². The van der Waals surface area contributed by atoms with Crippen LogP contribution in [0.3, 0.4) is 0 Å². The van der Waals surface area contributed by atoms with E-state index in [0.29, 0.717) is 39.1 Å². The monoisotopic (exact) mass is 611 g/mol. The molecule has 0 radical (unpaired) electrons. The minimum atomic E-state index is -0.765. The molecule has 4 atom stereocenters. The first-order chi connectivity index (χ1) is 21.2. The second kappa shape index (κ2) is 18.6. The van der Waals surface area contributed by atoms with Crippen LogP contribution in [0, 0.1) is 5.41 Å². The largest absolute Gasteiger partial charge is 0.466 e. The Morgan fingerprint density at radius 1 is 0.955 bits per heavy atom. The number of benzene rings is 2. The Labute approximate surface area is 266 Å². The highest BCUT2D eigenvalue weighted by Crippen LogP contribution is 2.42. The van der Waals surface area contributed by atoms with Gasteiger partial charge in [0.25, 0.3) is 0 Å². The van der Waals surface area contributed by atoms with E-state index in [2.05, 4.69) is 57.0 Å². The van der Waals surface area contributed by atoms with Gasteiger partial charge in [0.1, 0.15) is 6.10 Å². The molecule has 0 aliphatic heterocycles. The lowest BCUT2D eigenvalue weighted by Gasteiger charge is -2.44. The lowest BCUT2D eigenvalue weighted by molar-refractivity contribution is -0.227. The van der Waals surface area contributed by atoms with E-state index in [1.165, 1.54) is 0 Å². The standard InChI is InChI=1S/C37H57NO6/c1-6-8-23-36(3,4)33(39)29-44-37(38(5)24-17-11-16-22-35(40)41-7-2)26-32(42-27-30-18-12-9-13-19-30)25-34(37)43-28-31-20-14-10-15-21-31/h9-10,12-15,18-21,32-34,39H,6-8,11,16-17,22-29H2,1-5H3/t32-,33?,34+,37-/m1/s1. The number of aliphatic hydroxyl groups excluding tert-OH is 1. The van der Waals surface area contributed by atoms with Gasteiger partial charge in [0.15, 0.2) is 5.72 Å². The summed E-state index contributed by atoms with van der Waals surface area (Å²) in [5.41, 5.74) is 1.22. The van der Waals surface area contributed by atoms with Gasteiger partial charge in [-0.15, -0.1) is 0 Å². The molecule has 1 aliphatic carbocycles. The number of carbonyl (C=O) groups excluding carboxylic acids is 1. The van der Waals surface area contributed by atoms with E-state index in [4.69, 9.17) is 18.9 Å². The summed E-state index contributed by atoms with van der Waals surface area (Å²) >= 11 is 0. The van der Waals surface area contributed by atoms with E-state index in [9.17, 15) is 9.90 Å². The van der Waals surface area contributed by atoms with Crippen LogP contribution in [-0.4, -0.2) is 66.8 Å².